The number of aromatic nitrogens is 1. The highest BCUT2D eigenvalue weighted by Crippen LogP contribution is 2.29. The number of hydrogen-bond donors (Lipinski definition) is 2. The monoisotopic (exact) mass is 338 g/mol. The van der Waals surface area contributed by atoms with E-state index in [0.717, 1.165) is 12.1 Å². The highest BCUT2D eigenvalue weighted by atomic mass is 19.4. The van der Waals surface area contributed by atoms with Crippen LogP contribution in [0, 0.1) is 0 Å². The molecule has 2 rings (SSSR count). The van der Waals surface area contributed by atoms with Crippen molar-refractivity contribution in [2.75, 3.05) is 0 Å². The Morgan fingerprint density at radius 3 is 2.29 bits per heavy atom. The van der Waals surface area contributed by atoms with Crippen LogP contribution in [0.4, 0.5) is 13.2 Å². The number of halogens is 3. The van der Waals surface area contributed by atoms with E-state index in [1.165, 1.54) is 24.4 Å². The first-order chi connectivity index (χ1) is 11.3. The summed E-state index contributed by atoms with van der Waals surface area (Å²) >= 11 is 0. The Hall–Kier alpha value is -2.90. The van der Waals surface area contributed by atoms with Gasteiger partial charge in [0.1, 0.15) is 11.7 Å². The first-order valence-electron chi connectivity index (χ1n) is 6.88. The molecule has 2 N–H and O–H groups in total. The molecule has 0 aliphatic heterocycles. The van der Waals surface area contributed by atoms with Gasteiger partial charge in [0.05, 0.1) is 5.56 Å². The summed E-state index contributed by atoms with van der Waals surface area (Å²) in [6.45, 7) is 0. The Morgan fingerprint density at radius 1 is 1.12 bits per heavy atom. The first-order valence-corrected chi connectivity index (χ1v) is 6.88. The molecule has 0 radical (unpaired) electrons. The van der Waals surface area contributed by atoms with Crippen molar-refractivity contribution in [1.29, 1.82) is 0 Å². The third-order valence-corrected chi connectivity index (χ3v) is 3.22. The number of alkyl halides is 3. The van der Waals surface area contributed by atoms with Crippen molar-refractivity contribution >= 4 is 11.9 Å². The molecule has 0 fully saturated rings. The molecule has 0 saturated heterocycles. The van der Waals surface area contributed by atoms with Gasteiger partial charge >= 0.3 is 12.1 Å². The van der Waals surface area contributed by atoms with Gasteiger partial charge in [-0.1, -0.05) is 18.2 Å². The van der Waals surface area contributed by atoms with Gasteiger partial charge in [0.15, 0.2) is 0 Å². The minimum absolute atomic E-state index is 0.0520. The van der Waals surface area contributed by atoms with E-state index in [1.54, 1.807) is 12.1 Å². The summed E-state index contributed by atoms with van der Waals surface area (Å²) in [4.78, 5) is 27.0. The summed E-state index contributed by atoms with van der Waals surface area (Å²) in [5.41, 5.74) is -0.413. The second kappa shape index (κ2) is 7.12. The molecule has 0 aliphatic carbocycles. The van der Waals surface area contributed by atoms with Crippen molar-refractivity contribution in [1.82, 2.24) is 10.3 Å². The summed E-state index contributed by atoms with van der Waals surface area (Å²) in [6.07, 6.45) is -3.22. The molecule has 0 bridgehead atoms. The average molecular weight is 338 g/mol. The van der Waals surface area contributed by atoms with E-state index < -0.39 is 29.7 Å². The minimum atomic E-state index is -4.46. The van der Waals surface area contributed by atoms with Crippen molar-refractivity contribution in [2.24, 2.45) is 0 Å². The molecule has 1 heterocycles. The van der Waals surface area contributed by atoms with Crippen LogP contribution in [-0.2, 0) is 17.4 Å². The van der Waals surface area contributed by atoms with Gasteiger partial charge in [0.2, 0.25) is 0 Å². The van der Waals surface area contributed by atoms with Crippen molar-refractivity contribution in [3.8, 4) is 0 Å². The normalized spacial score (nSPS) is 12.5. The fourth-order valence-corrected chi connectivity index (χ4v) is 1.99. The van der Waals surface area contributed by atoms with Crippen LogP contribution >= 0.6 is 0 Å². The van der Waals surface area contributed by atoms with E-state index >= 15 is 0 Å². The fraction of sp³-hybridized carbons (Fsp3) is 0.188. The summed E-state index contributed by atoms with van der Waals surface area (Å²) in [5.74, 6) is -1.96. The maximum absolute atomic E-state index is 12.5. The van der Waals surface area contributed by atoms with E-state index in [0.29, 0.717) is 5.56 Å². The second-order valence-corrected chi connectivity index (χ2v) is 4.98. The highest BCUT2D eigenvalue weighted by molar-refractivity contribution is 5.94. The zero-order valence-corrected chi connectivity index (χ0v) is 12.2. The Balaban J connectivity index is 2.09. The number of carboxylic acids is 1. The molecule has 1 aromatic heterocycles. The number of benzene rings is 1. The minimum Gasteiger partial charge on any atom is -0.480 e. The van der Waals surface area contributed by atoms with Gasteiger partial charge in [-0.2, -0.15) is 13.2 Å². The molecule has 0 saturated carbocycles. The molecular weight excluding hydrogens is 325 g/mol. The number of hydrogen-bond acceptors (Lipinski definition) is 3. The summed E-state index contributed by atoms with van der Waals surface area (Å²) in [5, 5.41) is 11.5. The van der Waals surface area contributed by atoms with Crippen molar-refractivity contribution in [3.63, 3.8) is 0 Å². The van der Waals surface area contributed by atoms with Gasteiger partial charge in [-0.25, -0.2) is 4.79 Å². The number of carboxylic acid groups (broad SMARTS) is 1. The molecule has 1 amide bonds. The van der Waals surface area contributed by atoms with Crippen LogP contribution in [0.3, 0.4) is 0 Å². The van der Waals surface area contributed by atoms with Crippen LogP contribution in [0.15, 0.2) is 48.7 Å². The lowest BCUT2D eigenvalue weighted by molar-refractivity contribution is -0.139. The van der Waals surface area contributed by atoms with Crippen LogP contribution in [0.2, 0.25) is 0 Å². The summed E-state index contributed by atoms with van der Waals surface area (Å²) in [6, 6.07) is 7.44. The highest BCUT2D eigenvalue weighted by Gasteiger charge is 2.30. The lowest BCUT2D eigenvalue weighted by atomic mass is 10.0. The van der Waals surface area contributed by atoms with Crippen molar-refractivity contribution in [3.05, 3.63) is 65.5 Å². The van der Waals surface area contributed by atoms with Crippen LogP contribution < -0.4 is 5.32 Å². The van der Waals surface area contributed by atoms with E-state index in [-0.39, 0.29) is 12.1 Å². The van der Waals surface area contributed by atoms with Gasteiger partial charge in [-0.3, -0.25) is 9.78 Å². The topological polar surface area (TPSA) is 79.3 Å². The van der Waals surface area contributed by atoms with E-state index in [4.69, 9.17) is 0 Å². The van der Waals surface area contributed by atoms with Gasteiger partial charge < -0.3 is 10.4 Å². The maximum Gasteiger partial charge on any atom is 0.416 e. The molecule has 0 spiro atoms. The summed E-state index contributed by atoms with van der Waals surface area (Å²) in [7, 11) is 0. The van der Waals surface area contributed by atoms with Crippen LogP contribution in [-0.4, -0.2) is 28.0 Å². The van der Waals surface area contributed by atoms with Gasteiger partial charge in [-0.15, -0.1) is 0 Å². The van der Waals surface area contributed by atoms with E-state index in [9.17, 15) is 27.9 Å². The van der Waals surface area contributed by atoms with E-state index in [2.05, 4.69) is 10.3 Å². The summed E-state index contributed by atoms with van der Waals surface area (Å²) < 4.78 is 37.5. The SMILES string of the molecule is O=C(N[C@H](Cc1ccc(C(F)(F)F)cc1)C(=O)O)c1ccccn1. The quantitative estimate of drug-likeness (QED) is 0.878. The maximum atomic E-state index is 12.5. The second-order valence-electron chi connectivity index (χ2n) is 4.98. The molecule has 126 valence electrons. The van der Waals surface area contributed by atoms with Gasteiger partial charge in [0, 0.05) is 12.6 Å². The first kappa shape index (κ1) is 17.5. The Labute approximate surface area is 135 Å². The zero-order valence-electron chi connectivity index (χ0n) is 12.2. The number of carbonyl (C=O) groups excluding carboxylic acids is 1. The number of pyridine rings is 1. The predicted molar refractivity (Wildman–Crippen MR) is 78.3 cm³/mol. The third kappa shape index (κ3) is 4.55. The molecule has 0 unspecified atom stereocenters. The molecule has 0 aliphatic rings. The Bertz CT molecular complexity index is 716. The van der Waals surface area contributed by atoms with E-state index in [1.807, 2.05) is 0 Å². The van der Waals surface area contributed by atoms with Crippen molar-refractivity contribution < 1.29 is 27.9 Å². The smallest absolute Gasteiger partial charge is 0.416 e. The molecule has 1 atom stereocenters. The fourth-order valence-electron chi connectivity index (χ4n) is 1.99. The number of rotatable bonds is 5. The third-order valence-electron chi connectivity index (χ3n) is 3.22. The number of nitrogens with one attached hydrogen (secondary N) is 1. The Kier molecular flexibility index (Phi) is 5.18. The lowest BCUT2D eigenvalue weighted by Gasteiger charge is -2.15. The molecular formula is C16H13F3N2O3. The van der Waals surface area contributed by atoms with Crippen LogP contribution in [0.25, 0.3) is 0 Å². The van der Waals surface area contributed by atoms with Crippen LogP contribution in [0.5, 0.6) is 0 Å². The number of nitrogens with zero attached hydrogens (tertiary/aromatic N) is 1. The number of amides is 1. The molecule has 2 aromatic rings. The number of aliphatic carboxylic acids is 1. The van der Waals surface area contributed by atoms with Gasteiger partial charge in [0.25, 0.3) is 5.91 Å². The lowest BCUT2D eigenvalue weighted by Crippen LogP contribution is -2.42. The van der Waals surface area contributed by atoms with Crippen molar-refractivity contribution in [2.45, 2.75) is 18.6 Å². The van der Waals surface area contributed by atoms with Gasteiger partial charge in [-0.05, 0) is 29.8 Å². The molecule has 5 nitrogen and oxygen atoms in total. The molecule has 24 heavy (non-hydrogen) atoms. The standard InChI is InChI=1S/C16H13F3N2O3/c17-16(18,19)11-6-4-10(5-7-11)9-13(15(23)24)21-14(22)12-3-1-2-8-20-12/h1-8,13H,9H2,(H,21,22)(H,23,24)/t13-/m1/s1. The average Bonchev–Trinajstić information content (AvgIpc) is 2.54. The molecule has 1 aromatic carbocycles. The predicted octanol–water partition coefficient (Wildman–Crippen LogP) is 2.53. The number of carbonyl (C=O) groups is 2. The van der Waals surface area contributed by atoms with Crippen LogP contribution in [0.1, 0.15) is 21.6 Å². The molecule has 8 heteroatoms. The largest absolute Gasteiger partial charge is 0.480 e. The zero-order chi connectivity index (χ0) is 17.7. The Morgan fingerprint density at radius 2 is 1.79 bits per heavy atom.